The topological polar surface area (TPSA) is 60.9 Å². The van der Waals surface area contributed by atoms with Crippen LogP contribution in [0.25, 0.3) is 0 Å². The summed E-state index contributed by atoms with van der Waals surface area (Å²) in [6.45, 7) is 4.88. The maximum absolute atomic E-state index is 12.9. The van der Waals surface area contributed by atoms with Crippen molar-refractivity contribution in [2.75, 3.05) is 26.2 Å². The second-order valence-electron chi connectivity index (χ2n) is 7.97. The van der Waals surface area contributed by atoms with Crippen LogP contribution in [-0.4, -0.2) is 60.8 Å². The molecule has 6 nitrogen and oxygen atoms in total. The number of benzene rings is 2. The zero-order chi connectivity index (χ0) is 21.3. The average Bonchev–Trinajstić information content (AvgIpc) is 3.10. The van der Waals surface area contributed by atoms with Crippen molar-refractivity contribution in [3.05, 3.63) is 64.7 Å². The first-order valence-corrected chi connectivity index (χ1v) is 12.0. The van der Waals surface area contributed by atoms with E-state index >= 15 is 0 Å². The number of carbonyl (C=O) groups is 1. The second-order valence-corrected chi connectivity index (χ2v) is 10.3. The lowest BCUT2D eigenvalue weighted by atomic mass is 10.1. The number of hydrogen-bond acceptors (Lipinski definition) is 3. The molecule has 8 heteroatoms. The highest BCUT2D eigenvalue weighted by molar-refractivity contribution is 7.89. The summed E-state index contributed by atoms with van der Waals surface area (Å²) in [4.78, 5) is 17.0. The third-order valence-electron chi connectivity index (χ3n) is 5.94. The summed E-state index contributed by atoms with van der Waals surface area (Å²) in [5, 5.41) is 0.510. The molecule has 2 fully saturated rings. The van der Waals surface area contributed by atoms with E-state index in [4.69, 9.17) is 11.6 Å². The minimum atomic E-state index is -3.53. The van der Waals surface area contributed by atoms with Crippen LogP contribution in [0.4, 0.5) is 4.79 Å². The molecular weight excluding hydrogens is 422 g/mol. The number of amides is 2. The van der Waals surface area contributed by atoms with Crippen LogP contribution in [0.15, 0.2) is 53.4 Å². The van der Waals surface area contributed by atoms with Gasteiger partial charge in [0.1, 0.15) is 0 Å². The molecular formula is C22H26ClN3O3S. The van der Waals surface area contributed by atoms with Crippen molar-refractivity contribution in [3.8, 4) is 0 Å². The normalized spacial score (nSPS) is 18.9. The van der Waals surface area contributed by atoms with Gasteiger partial charge >= 0.3 is 6.03 Å². The van der Waals surface area contributed by atoms with Crippen LogP contribution in [-0.2, 0) is 16.6 Å². The molecule has 0 aliphatic carbocycles. The Hall–Kier alpha value is -2.09. The second kappa shape index (κ2) is 8.57. The highest BCUT2D eigenvalue weighted by Crippen LogP contribution is 2.26. The highest BCUT2D eigenvalue weighted by Gasteiger charge is 2.37. The van der Waals surface area contributed by atoms with E-state index in [0.717, 1.165) is 5.56 Å². The first kappa shape index (κ1) is 21.2. The van der Waals surface area contributed by atoms with E-state index < -0.39 is 10.0 Å². The molecule has 2 aromatic rings. The number of sulfonamides is 1. The van der Waals surface area contributed by atoms with Gasteiger partial charge in [0.05, 0.1) is 4.90 Å². The number of rotatable bonds is 5. The predicted octanol–water partition coefficient (Wildman–Crippen LogP) is 3.74. The van der Waals surface area contributed by atoms with E-state index in [0.29, 0.717) is 50.6 Å². The largest absolute Gasteiger partial charge is 0.320 e. The van der Waals surface area contributed by atoms with Crippen molar-refractivity contribution in [1.29, 1.82) is 0 Å². The molecule has 160 valence electrons. The van der Waals surface area contributed by atoms with Crippen LogP contribution in [0.5, 0.6) is 0 Å². The number of carbonyl (C=O) groups excluding carboxylic acids is 1. The summed E-state index contributed by atoms with van der Waals surface area (Å²) in [7, 11) is -3.53. The SMILES string of the molecule is Cc1ccc(CN2CCN(C3CCN(S(=O)(=O)c4ccc(Cl)cc4)CC3)C2=O)cc1. The standard InChI is InChI=1S/C22H26ClN3O3S/c1-17-2-4-18(5-3-17)16-24-14-15-26(22(24)27)20-10-12-25(13-11-20)30(28,29)21-8-6-19(23)7-9-21/h2-9,20H,10-16H2,1H3. The third kappa shape index (κ3) is 4.33. The predicted molar refractivity (Wildman–Crippen MR) is 117 cm³/mol. The Labute approximate surface area is 183 Å². The van der Waals surface area contributed by atoms with E-state index in [1.807, 2.05) is 16.7 Å². The van der Waals surface area contributed by atoms with Gasteiger partial charge in [0.15, 0.2) is 0 Å². The van der Waals surface area contributed by atoms with Crippen molar-refractivity contribution in [1.82, 2.24) is 14.1 Å². The average molecular weight is 448 g/mol. The lowest BCUT2D eigenvalue weighted by Crippen LogP contribution is -2.47. The molecule has 0 bridgehead atoms. The molecule has 4 rings (SSSR count). The van der Waals surface area contributed by atoms with Gasteiger partial charge in [-0.25, -0.2) is 13.2 Å². The fourth-order valence-electron chi connectivity index (χ4n) is 4.15. The molecule has 2 saturated heterocycles. The van der Waals surface area contributed by atoms with Crippen LogP contribution in [0.2, 0.25) is 5.02 Å². The Morgan fingerprint density at radius 3 is 2.20 bits per heavy atom. The monoisotopic (exact) mass is 447 g/mol. The molecule has 2 aliphatic rings. The number of urea groups is 1. The van der Waals surface area contributed by atoms with Crippen LogP contribution in [0.1, 0.15) is 24.0 Å². The van der Waals surface area contributed by atoms with Gasteiger partial charge in [0, 0.05) is 43.8 Å². The van der Waals surface area contributed by atoms with Gasteiger partial charge in [-0.2, -0.15) is 4.31 Å². The maximum atomic E-state index is 12.9. The van der Waals surface area contributed by atoms with Gasteiger partial charge < -0.3 is 9.80 Å². The summed E-state index contributed by atoms with van der Waals surface area (Å²) >= 11 is 5.87. The molecule has 0 unspecified atom stereocenters. The van der Waals surface area contributed by atoms with Crippen LogP contribution in [0, 0.1) is 6.92 Å². The smallest absolute Gasteiger partial charge is 0.320 e. The van der Waals surface area contributed by atoms with Crippen molar-refractivity contribution in [2.24, 2.45) is 0 Å². The van der Waals surface area contributed by atoms with E-state index in [9.17, 15) is 13.2 Å². The Morgan fingerprint density at radius 1 is 0.933 bits per heavy atom. The molecule has 2 amide bonds. The van der Waals surface area contributed by atoms with E-state index in [1.165, 1.54) is 22.0 Å². The number of aryl methyl sites for hydroxylation is 1. The van der Waals surface area contributed by atoms with Gasteiger partial charge in [-0.05, 0) is 49.6 Å². The van der Waals surface area contributed by atoms with Gasteiger partial charge in [-0.15, -0.1) is 0 Å². The van der Waals surface area contributed by atoms with Crippen LogP contribution >= 0.6 is 11.6 Å². The maximum Gasteiger partial charge on any atom is 0.320 e. The molecule has 0 atom stereocenters. The number of halogens is 1. The molecule has 0 saturated carbocycles. The molecule has 0 aromatic heterocycles. The molecule has 2 aliphatic heterocycles. The summed E-state index contributed by atoms with van der Waals surface area (Å²) in [6.07, 6.45) is 1.30. The van der Waals surface area contributed by atoms with Crippen molar-refractivity contribution in [2.45, 2.75) is 37.2 Å². The van der Waals surface area contributed by atoms with Crippen LogP contribution in [0.3, 0.4) is 0 Å². The van der Waals surface area contributed by atoms with E-state index in [-0.39, 0.29) is 17.0 Å². The third-order valence-corrected chi connectivity index (χ3v) is 8.10. The molecule has 2 heterocycles. The zero-order valence-corrected chi connectivity index (χ0v) is 18.6. The van der Waals surface area contributed by atoms with Gasteiger partial charge in [-0.1, -0.05) is 41.4 Å². The number of hydrogen-bond donors (Lipinski definition) is 0. The van der Waals surface area contributed by atoms with E-state index in [1.54, 1.807) is 12.1 Å². The minimum absolute atomic E-state index is 0.0505. The molecule has 30 heavy (non-hydrogen) atoms. The van der Waals surface area contributed by atoms with Crippen molar-refractivity contribution >= 4 is 27.7 Å². The zero-order valence-electron chi connectivity index (χ0n) is 17.0. The Balaban J connectivity index is 1.35. The first-order valence-electron chi connectivity index (χ1n) is 10.2. The Bertz CT molecular complexity index is 1000. The van der Waals surface area contributed by atoms with Crippen LogP contribution < -0.4 is 0 Å². The molecule has 0 radical (unpaired) electrons. The summed E-state index contributed by atoms with van der Waals surface area (Å²) in [6, 6.07) is 14.6. The Morgan fingerprint density at radius 2 is 1.57 bits per heavy atom. The van der Waals surface area contributed by atoms with E-state index in [2.05, 4.69) is 24.3 Å². The molecule has 2 aromatic carbocycles. The van der Waals surface area contributed by atoms with Crippen molar-refractivity contribution < 1.29 is 13.2 Å². The molecule has 0 N–H and O–H groups in total. The van der Waals surface area contributed by atoms with Crippen molar-refractivity contribution in [3.63, 3.8) is 0 Å². The lowest BCUT2D eigenvalue weighted by Gasteiger charge is -2.35. The van der Waals surface area contributed by atoms with Gasteiger partial charge in [0.2, 0.25) is 10.0 Å². The fraction of sp³-hybridized carbons (Fsp3) is 0.409. The first-order chi connectivity index (χ1) is 14.3. The number of piperidine rings is 1. The lowest BCUT2D eigenvalue weighted by molar-refractivity contribution is 0.153. The summed E-state index contributed by atoms with van der Waals surface area (Å²) in [5.74, 6) is 0. The van der Waals surface area contributed by atoms with Gasteiger partial charge in [-0.3, -0.25) is 0 Å². The summed E-state index contributed by atoms with van der Waals surface area (Å²) in [5.41, 5.74) is 2.33. The van der Waals surface area contributed by atoms with Gasteiger partial charge in [0.25, 0.3) is 0 Å². The Kier molecular flexibility index (Phi) is 6.04. The minimum Gasteiger partial charge on any atom is -0.320 e. The number of nitrogens with zero attached hydrogens (tertiary/aromatic N) is 3. The highest BCUT2D eigenvalue weighted by atomic mass is 35.5. The quantitative estimate of drug-likeness (QED) is 0.701. The fourth-order valence-corrected chi connectivity index (χ4v) is 5.75. The molecule has 0 spiro atoms. The summed E-state index contributed by atoms with van der Waals surface area (Å²) < 4.78 is 27.2.